The van der Waals surface area contributed by atoms with Crippen LogP contribution in [0.2, 0.25) is 0 Å². The van der Waals surface area contributed by atoms with Crippen molar-refractivity contribution in [1.82, 2.24) is 4.90 Å². The Morgan fingerprint density at radius 2 is 2.06 bits per heavy atom. The van der Waals surface area contributed by atoms with Gasteiger partial charge in [-0.25, -0.2) is 8.42 Å². The van der Waals surface area contributed by atoms with Crippen LogP contribution >= 0.6 is 0 Å². The van der Waals surface area contributed by atoms with Gasteiger partial charge in [-0.1, -0.05) is 0 Å². The predicted molar refractivity (Wildman–Crippen MR) is 62.0 cm³/mol. The van der Waals surface area contributed by atoms with E-state index in [4.69, 9.17) is 10.5 Å². The van der Waals surface area contributed by atoms with Gasteiger partial charge in [0, 0.05) is 25.0 Å². The van der Waals surface area contributed by atoms with Gasteiger partial charge in [0.15, 0.2) is 9.84 Å². The van der Waals surface area contributed by atoms with Crippen LogP contribution < -0.4 is 5.73 Å². The standard InChI is InChI=1S/C10H20N2O3S/c11-10-8-15-7-9(10)6-12-2-1-4-16(13,14)5-3-12/h9-10H,1-8,11H2. The summed E-state index contributed by atoms with van der Waals surface area (Å²) >= 11 is 0. The summed E-state index contributed by atoms with van der Waals surface area (Å²) in [7, 11) is -2.80. The number of sulfone groups is 1. The van der Waals surface area contributed by atoms with Gasteiger partial charge in [-0.2, -0.15) is 0 Å². The molecule has 2 saturated heterocycles. The summed E-state index contributed by atoms with van der Waals surface area (Å²) < 4.78 is 28.2. The lowest BCUT2D eigenvalue weighted by molar-refractivity contribution is 0.169. The fourth-order valence-electron chi connectivity index (χ4n) is 2.31. The summed E-state index contributed by atoms with van der Waals surface area (Å²) in [6.07, 6.45) is 0.741. The quantitative estimate of drug-likeness (QED) is 0.684. The molecule has 94 valence electrons. The van der Waals surface area contributed by atoms with Crippen molar-refractivity contribution in [3.8, 4) is 0 Å². The fourth-order valence-corrected chi connectivity index (χ4v) is 3.62. The molecule has 0 aromatic rings. The highest BCUT2D eigenvalue weighted by Gasteiger charge is 2.28. The van der Waals surface area contributed by atoms with Crippen LogP contribution in [0.15, 0.2) is 0 Å². The number of hydrogen-bond acceptors (Lipinski definition) is 5. The topological polar surface area (TPSA) is 72.6 Å². The Balaban J connectivity index is 1.86. The average molecular weight is 248 g/mol. The summed E-state index contributed by atoms with van der Waals surface area (Å²) in [4.78, 5) is 2.21. The molecule has 2 heterocycles. The highest BCUT2D eigenvalue weighted by molar-refractivity contribution is 7.91. The second-order valence-electron chi connectivity index (χ2n) is 4.77. The van der Waals surface area contributed by atoms with E-state index < -0.39 is 9.84 Å². The maximum Gasteiger partial charge on any atom is 0.151 e. The molecule has 5 nitrogen and oxygen atoms in total. The molecule has 16 heavy (non-hydrogen) atoms. The van der Waals surface area contributed by atoms with Crippen molar-refractivity contribution in [2.75, 3.05) is 44.4 Å². The van der Waals surface area contributed by atoms with Crippen LogP contribution in [-0.2, 0) is 14.6 Å². The monoisotopic (exact) mass is 248 g/mol. The zero-order valence-corrected chi connectivity index (χ0v) is 10.3. The van der Waals surface area contributed by atoms with Gasteiger partial charge in [-0.05, 0) is 13.0 Å². The zero-order valence-electron chi connectivity index (χ0n) is 9.47. The Morgan fingerprint density at radius 3 is 2.75 bits per heavy atom. The van der Waals surface area contributed by atoms with Crippen molar-refractivity contribution in [1.29, 1.82) is 0 Å². The molecule has 6 heteroatoms. The molecule has 0 radical (unpaired) electrons. The smallest absolute Gasteiger partial charge is 0.151 e. The lowest BCUT2D eigenvalue weighted by Gasteiger charge is -2.24. The van der Waals surface area contributed by atoms with E-state index in [-0.39, 0.29) is 11.8 Å². The Hall–Kier alpha value is -0.170. The first-order valence-electron chi connectivity index (χ1n) is 5.83. The SMILES string of the molecule is NC1COCC1CN1CCCS(=O)(=O)CC1. The van der Waals surface area contributed by atoms with Crippen LogP contribution in [0.4, 0.5) is 0 Å². The second kappa shape index (κ2) is 5.00. The van der Waals surface area contributed by atoms with Gasteiger partial charge in [0.25, 0.3) is 0 Å². The molecule has 2 N–H and O–H groups in total. The summed E-state index contributed by atoms with van der Waals surface area (Å²) in [5.74, 6) is 0.979. The van der Waals surface area contributed by atoms with Crippen LogP contribution in [0, 0.1) is 5.92 Å². The molecule has 0 amide bonds. The molecule has 0 bridgehead atoms. The molecule has 2 fully saturated rings. The van der Waals surface area contributed by atoms with Crippen LogP contribution in [0.1, 0.15) is 6.42 Å². The minimum atomic E-state index is -2.80. The first kappa shape index (κ1) is 12.3. The summed E-state index contributed by atoms with van der Waals surface area (Å²) in [6.45, 7) is 3.73. The molecule has 2 atom stereocenters. The van der Waals surface area contributed by atoms with E-state index in [9.17, 15) is 8.42 Å². The molecule has 2 rings (SSSR count). The Kier molecular flexibility index (Phi) is 3.84. The summed E-state index contributed by atoms with van der Waals surface area (Å²) in [5, 5.41) is 0. The third-order valence-electron chi connectivity index (χ3n) is 3.39. The Labute approximate surface area is 96.9 Å². The molecule has 0 spiro atoms. The average Bonchev–Trinajstić information content (AvgIpc) is 2.52. The van der Waals surface area contributed by atoms with Crippen molar-refractivity contribution in [3.63, 3.8) is 0 Å². The molecule has 2 aliphatic rings. The van der Waals surface area contributed by atoms with Crippen LogP contribution in [0.3, 0.4) is 0 Å². The maximum atomic E-state index is 11.4. The normalized spacial score (nSPS) is 36.1. The molecule has 0 aromatic carbocycles. The van der Waals surface area contributed by atoms with Crippen LogP contribution in [-0.4, -0.2) is 63.7 Å². The van der Waals surface area contributed by atoms with Crippen molar-refractivity contribution < 1.29 is 13.2 Å². The van der Waals surface area contributed by atoms with E-state index in [2.05, 4.69) is 4.90 Å². The number of ether oxygens (including phenoxy) is 1. The van der Waals surface area contributed by atoms with Gasteiger partial charge < -0.3 is 15.4 Å². The number of nitrogens with zero attached hydrogens (tertiary/aromatic N) is 1. The van der Waals surface area contributed by atoms with Crippen LogP contribution in [0.5, 0.6) is 0 Å². The minimum absolute atomic E-state index is 0.111. The highest BCUT2D eigenvalue weighted by atomic mass is 32.2. The largest absolute Gasteiger partial charge is 0.379 e. The predicted octanol–water partition coefficient (Wildman–Crippen LogP) is -0.919. The van der Waals surface area contributed by atoms with E-state index in [0.717, 1.165) is 19.5 Å². The van der Waals surface area contributed by atoms with Gasteiger partial charge in [0.1, 0.15) is 0 Å². The molecule has 2 aliphatic heterocycles. The zero-order chi connectivity index (χ0) is 11.6. The first-order valence-corrected chi connectivity index (χ1v) is 7.65. The van der Waals surface area contributed by atoms with Gasteiger partial charge >= 0.3 is 0 Å². The van der Waals surface area contributed by atoms with Crippen LogP contribution in [0.25, 0.3) is 0 Å². The van der Waals surface area contributed by atoms with Crippen molar-refractivity contribution in [3.05, 3.63) is 0 Å². The van der Waals surface area contributed by atoms with Gasteiger partial charge in [-0.3, -0.25) is 0 Å². The molecule has 2 unspecified atom stereocenters. The van der Waals surface area contributed by atoms with E-state index in [1.54, 1.807) is 0 Å². The number of rotatable bonds is 2. The van der Waals surface area contributed by atoms with Crippen molar-refractivity contribution in [2.45, 2.75) is 12.5 Å². The third-order valence-corrected chi connectivity index (χ3v) is 5.10. The fraction of sp³-hybridized carbons (Fsp3) is 1.00. The van der Waals surface area contributed by atoms with E-state index in [0.29, 0.717) is 31.4 Å². The van der Waals surface area contributed by atoms with E-state index in [1.165, 1.54) is 0 Å². The second-order valence-corrected chi connectivity index (χ2v) is 7.07. The first-order chi connectivity index (χ1) is 7.57. The minimum Gasteiger partial charge on any atom is -0.379 e. The number of hydrogen-bond donors (Lipinski definition) is 1. The molecule has 0 aromatic heterocycles. The van der Waals surface area contributed by atoms with E-state index >= 15 is 0 Å². The number of nitrogens with two attached hydrogens (primary N) is 1. The Bertz CT molecular complexity index is 331. The third kappa shape index (κ3) is 3.16. The molecule has 0 aliphatic carbocycles. The summed E-state index contributed by atoms with van der Waals surface area (Å²) in [6, 6.07) is 0.111. The van der Waals surface area contributed by atoms with Crippen molar-refractivity contribution in [2.24, 2.45) is 11.7 Å². The van der Waals surface area contributed by atoms with E-state index in [1.807, 2.05) is 0 Å². The lowest BCUT2D eigenvalue weighted by atomic mass is 10.0. The van der Waals surface area contributed by atoms with Gasteiger partial charge in [-0.15, -0.1) is 0 Å². The van der Waals surface area contributed by atoms with Crippen molar-refractivity contribution >= 4 is 9.84 Å². The lowest BCUT2D eigenvalue weighted by Crippen LogP contribution is -2.39. The Morgan fingerprint density at radius 1 is 1.25 bits per heavy atom. The molecule has 0 saturated carbocycles. The maximum absolute atomic E-state index is 11.4. The summed E-state index contributed by atoms with van der Waals surface area (Å²) in [5.41, 5.74) is 5.92. The van der Waals surface area contributed by atoms with Gasteiger partial charge in [0.05, 0.1) is 24.7 Å². The van der Waals surface area contributed by atoms with Gasteiger partial charge in [0.2, 0.25) is 0 Å². The highest BCUT2D eigenvalue weighted by Crippen LogP contribution is 2.15. The molecular formula is C10H20N2O3S. The molecular weight excluding hydrogens is 228 g/mol.